The summed E-state index contributed by atoms with van der Waals surface area (Å²) in [7, 11) is 1.86. The topological polar surface area (TPSA) is 109 Å². The molecule has 1 amide bonds. The molecule has 0 aromatic carbocycles. The quantitative estimate of drug-likeness (QED) is 0.733. The Balaban J connectivity index is 1.77. The predicted molar refractivity (Wildman–Crippen MR) is 88.4 cm³/mol. The van der Waals surface area contributed by atoms with Crippen LogP contribution in [0, 0.1) is 0 Å². The molecule has 3 aromatic rings. The van der Waals surface area contributed by atoms with E-state index >= 15 is 0 Å². The molecule has 0 spiro atoms. The monoisotopic (exact) mass is 342 g/mol. The van der Waals surface area contributed by atoms with Crippen LogP contribution in [0.4, 0.5) is 4.79 Å². The molecule has 9 nitrogen and oxygen atoms in total. The first kappa shape index (κ1) is 15.4. The summed E-state index contributed by atoms with van der Waals surface area (Å²) >= 11 is 0. The van der Waals surface area contributed by atoms with E-state index in [0.29, 0.717) is 18.7 Å². The maximum Gasteiger partial charge on any atom is 0.407 e. The van der Waals surface area contributed by atoms with Crippen LogP contribution in [-0.2, 0) is 7.05 Å². The Labute approximate surface area is 143 Å². The fourth-order valence-corrected chi connectivity index (χ4v) is 3.42. The molecule has 0 saturated carbocycles. The first-order valence-electron chi connectivity index (χ1n) is 8.08. The number of aromatic hydroxyl groups is 1. The summed E-state index contributed by atoms with van der Waals surface area (Å²) in [5.41, 5.74) is 3.35. The van der Waals surface area contributed by atoms with Gasteiger partial charge < -0.3 is 15.1 Å². The molecule has 1 aliphatic heterocycles. The predicted octanol–water partition coefficient (Wildman–Crippen LogP) is 1.69. The number of fused-ring (bicyclic) bond motifs is 1. The highest BCUT2D eigenvalue weighted by Crippen LogP contribution is 2.35. The van der Waals surface area contributed by atoms with Gasteiger partial charge in [-0.25, -0.2) is 9.31 Å². The van der Waals surface area contributed by atoms with Crippen LogP contribution in [0.2, 0.25) is 0 Å². The van der Waals surface area contributed by atoms with E-state index < -0.39 is 6.09 Å². The highest BCUT2D eigenvalue weighted by Gasteiger charge is 2.26. The van der Waals surface area contributed by atoms with Crippen LogP contribution in [0.15, 0.2) is 24.5 Å². The van der Waals surface area contributed by atoms with E-state index in [-0.39, 0.29) is 11.9 Å². The zero-order chi connectivity index (χ0) is 17.6. The maximum absolute atomic E-state index is 11.1. The summed E-state index contributed by atoms with van der Waals surface area (Å²) in [6.07, 6.45) is 4.33. The molecule has 3 aromatic heterocycles. The van der Waals surface area contributed by atoms with Gasteiger partial charge in [-0.2, -0.15) is 10.1 Å². The van der Waals surface area contributed by atoms with Crippen LogP contribution in [-0.4, -0.2) is 58.7 Å². The molecule has 2 N–H and O–H groups in total. The number of rotatable bonds is 2. The Morgan fingerprint density at radius 2 is 2.04 bits per heavy atom. The number of pyridine rings is 1. The van der Waals surface area contributed by atoms with Crippen molar-refractivity contribution in [3.63, 3.8) is 0 Å². The third-order valence-electron chi connectivity index (χ3n) is 4.69. The molecule has 25 heavy (non-hydrogen) atoms. The van der Waals surface area contributed by atoms with Crippen LogP contribution in [0.1, 0.15) is 24.3 Å². The van der Waals surface area contributed by atoms with E-state index in [4.69, 9.17) is 5.11 Å². The van der Waals surface area contributed by atoms with Gasteiger partial charge in [0.15, 0.2) is 5.65 Å². The van der Waals surface area contributed by atoms with Gasteiger partial charge in [0, 0.05) is 38.1 Å². The second kappa shape index (κ2) is 5.76. The number of hydrogen-bond acceptors (Lipinski definition) is 5. The van der Waals surface area contributed by atoms with Crippen molar-refractivity contribution in [1.82, 2.24) is 29.3 Å². The minimum absolute atomic E-state index is 0.198. The number of carboxylic acid groups (broad SMARTS) is 1. The lowest BCUT2D eigenvalue weighted by Crippen LogP contribution is -2.36. The summed E-state index contributed by atoms with van der Waals surface area (Å²) in [6, 6.07) is 3.52. The van der Waals surface area contributed by atoms with E-state index in [0.717, 1.165) is 29.7 Å². The van der Waals surface area contributed by atoms with Gasteiger partial charge in [0.25, 0.3) is 0 Å². The largest absolute Gasteiger partial charge is 0.478 e. The number of aryl methyl sites for hydroxylation is 1. The first-order chi connectivity index (χ1) is 12.0. The number of carbonyl (C=O) groups is 1. The standard InChI is InChI=1S/C16H18N6O3/c1-20-5-4-13(18-20)11-8-14-17-15(23)19-22(14)9-12(11)10-2-6-21(7-3-10)16(24)25/h4-5,8-10H,2-3,6-7H2,1H3,(H,19,23)(H,24,25). The number of hydrogen-bond donors (Lipinski definition) is 2. The third kappa shape index (κ3) is 2.77. The number of likely N-dealkylation sites (tertiary alicyclic amines) is 1. The molecule has 4 heterocycles. The average molecular weight is 342 g/mol. The van der Waals surface area contributed by atoms with Gasteiger partial charge in [0.2, 0.25) is 0 Å². The summed E-state index contributed by atoms with van der Waals surface area (Å²) in [5, 5.41) is 27.2. The fraction of sp³-hybridized carbons (Fsp3) is 0.375. The zero-order valence-corrected chi connectivity index (χ0v) is 13.7. The summed E-state index contributed by atoms with van der Waals surface area (Å²) in [6.45, 7) is 1.00. The molecule has 0 atom stereocenters. The van der Waals surface area contributed by atoms with Crippen LogP contribution < -0.4 is 0 Å². The zero-order valence-electron chi connectivity index (χ0n) is 13.7. The molecule has 1 aliphatic rings. The Hall–Kier alpha value is -3.10. The van der Waals surface area contributed by atoms with Crippen LogP contribution >= 0.6 is 0 Å². The Morgan fingerprint density at radius 1 is 1.28 bits per heavy atom. The van der Waals surface area contributed by atoms with Crippen molar-refractivity contribution in [2.24, 2.45) is 7.05 Å². The highest BCUT2D eigenvalue weighted by atomic mass is 16.4. The normalized spacial score (nSPS) is 15.8. The van der Waals surface area contributed by atoms with Crippen molar-refractivity contribution in [3.05, 3.63) is 30.1 Å². The Morgan fingerprint density at radius 3 is 2.68 bits per heavy atom. The van der Waals surface area contributed by atoms with E-state index in [1.807, 2.05) is 31.6 Å². The minimum atomic E-state index is -0.875. The molecule has 1 saturated heterocycles. The molecule has 4 rings (SSSR count). The lowest BCUT2D eigenvalue weighted by atomic mass is 9.87. The minimum Gasteiger partial charge on any atom is -0.478 e. The van der Waals surface area contributed by atoms with E-state index in [1.54, 1.807) is 9.20 Å². The van der Waals surface area contributed by atoms with Gasteiger partial charge in [0.1, 0.15) is 0 Å². The van der Waals surface area contributed by atoms with Crippen molar-refractivity contribution in [1.29, 1.82) is 0 Å². The number of piperidine rings is 1. The molecular weight excluding hydrogens is 324 g/mol. The summed E-state index contributed by atoms with van der Waals surface area (Å²) < 4.78 is 3.29. The fourth-order valence-electron chi connectivity index (χ4n) is 3.42. The lowest BCUT2D eigenvalue weighted by molar-refractivity contribution is 0.132. The number of nitrogens with zero attached hydrogens (tertiary/aromatic N) is 6. The van der Waals surface area contributed by atoms with Gasteiger partial charge in [-0.15, -0.1) is 5.10 Å². The van der Waals surface area contributed by atoms with Crippen molar-refractivity contribution < 1.29 is 15.0 Å². The van der Waals surface area contributed by atoms with E-state index in [9.17, 15) is 9.90 Å². The molecular formula is C16H18N6O3. The van der Waals surface area contributed by atoms with E-state index in [1.165, 1.54) is 4.90 Å². The van der Waals surface area contributed by atoms with Crippen molar-refractivity contribution in [3.8, 4) is 17.3 Å². The summed E-state index contributed by atoms with van der Waals surface area (Å²) in [5.74, 6) is 0.198. The molecule has 0 radical (unpaired) electrons. The lowest BCUT2D eigenvalue weighted by Gasteiger charge is -2.31. The Bertz CT molecular complexity index is 939. The molecule has 0 unspecified atom stereocenters. The molecule has 1 fully saturated rings. The van der Waals surface area contributed by atoms with Gasteiger partial charge in [0.05, 0.1) is 5.69 Å². The van der Waals surface area contributed by atoms with Gasteiger partial charge in [-0.05, 0) is 36.5 Å². The molecule has 0 aliphatic carbocycles. The molecule has 0 bridgehead atoms. The highest BCUT2D eigenvalue weighted by molar-refractivity contribution is 5.69. The molecule has 9 heteroatoms. The first-order valence-corrected chi connectivity index (χ1v) is 8.08. The smallest absolute Gasteiger partial charge is 0.407 e. The number of aromatic nitrogens is 5. The van der Waals surface area contributed by atoms with Crippen LogP contribution in [0.25, 0.3) is 16.9 Å². The van der Waals surface area contributed by atoms with Crippen LogP contribution in [0.5, 0.6) is 6.01 Å². The third-order valence-corrected chi connectivity index (χ3v) is 4.69. The van der Waals surface area contributed by atoms with Gasteiger partial charge in [-0.1, -0.05) is 0 Å². The number of amides is 1. The molecule has 130 valence electrons. The van der Waals surface area contributed by atoms with E-state index in [2.05, 4.69) is 15.2 Å². The van der Waals surface area contributed by atoms with Gasteiger partial charge in [-0.3, -0.25) is 4.68 Å². The van der Waals surface area contributed by atoms with Crippen molar-refractivity contribution in [2.75, 3.05) is 13.1 Å². The van der Waals surface area contributed by atoms with Crippen molar-refractivity contribution in [2.45, 2.75) is 18.8 Å². The van der Waals surface area contributed by atoms with Crippen molar-refractivity contribution >= 4 is 11.7 Å². The van der Waals surface area contributed by atoms with Crippen LogP contribution in [0.3, 0.4) is 0 Å². The Kier molecular flexibility index (Phi) is 3.56. The maximum atomic E-state index is 11.1. The second-order valence-electron chi connectivity index (χ2n) is 6.28. The SMILES string of the molecule is Cn1ccc(-c2cc3nc(O)nn3cc2C2CCN(C(=O)O)CC2)n1. The second-order valence-corrected chi connectivity index (χ2v) is 6.28. The van der Waals surface area contributed by atoms with Gasteiger partial charge >= 0.3 is 12.1 Å². The summed E-state index contributed by atoms with van der Waals surface area (Å²) in [4.78, 5) is 16.6. The average Bonchev–Trinajstić information content (AvgIpc) is 3.17.